The van der Waals surface area contributed by atoms with Gasteiger partial charge in [0.1, 0.15) is 0 Å². The largest absolute Gasteiger partial charge is 0.218 e. The molecule has 0 aliphatic heterocycles. The van der Waals surface area contributed by atoms with E-state index in [1.54, 1.807) is 4.31 Å². The number of hydrogen-bond acceptors (Lipinski definition) is 2. The summed E-state index contributed by atoms with van der Waals surface area (Å²) in [6.45, 7) is 10.9. The fourth-order valence-corrected chi connectivity index (χ4v) is 4.82. The fourth-order valence-electron chi connectivity index (χ4n) is 2.65. The van der Waals surface area contributed by atoms with Gasteiger partial charge in [0.05, 0.1) is 5.75 Å². The van der Waals surface area contributed by atoms with Gasteiger partial charge in [0.15, 0.2) is 0 Å². The number of halogens is 2. The standard InChI is InChI=1S/C19H24BrNO2S.C4H9Br/c1-15(2)13-21(16(3)18-9-11-19(20)12-10-18)24(22,23)14-17-7-5-4-6-8-17;1-4(2)3-5/h4-12,15-16H,13-14H2,1-3H3;4H,3H2,1-2H3/t16-;/m0./s1. The summed E-state index contributed by atoms with van der Waals surface area (Å²) in [5.74, 6) is 1.09. The highest BCUT2D eigenvalue weighted by Gasteiger charge is 2.29. The van der Waals surface area contributed by atoms with Crippen molar-refractivity contribution < 1.29 is 8.42 Å². The maximum Gasteiger partial charge on any atom is 0.218 e. The van der Waals surface area contributed by atoms with Crippen LogP contribution in [-0.2, 0) is 15.8 Å². The molecule has 6 heteroatoms. The molecule has 162 valence electrons. The van der Waals surface area contributed by atoms with Crippen LogP contribution in [0.3, 0.4) is 0 Å². The summed E-state index contributed by atoms with van der Waals surface area (Å²) >= 11 is 6.74. The lowest BCUT2D eigenvalue weighted by Gasteiger charge is -2.30. The summed E-state index contributed by atoms with van der Waals surface area (Å²) in [5, 5.41) is 1.12. The minimum absolute atomic E-state index is 0.0292. The lowest BCUT2D eigenvalue weighted by molar-refractivity contribution is 0.308. The molecule has 0 aliphatic carbocycles. The van der Waals surface area contributed by atoms with Gasteiger partial charge in [-0.2, -0.15) is 4.31 Å². The Labute approximate surface area is 194 Å². The van der Waals surface area contributed by atoms with Crippen molar-refractivity contribution in [3.8, 4) is 0 Å². The van der Waals surface area contributed by atoms with Gasteiger partial charge in [0.25, 0.3) is 0 Å². The number of sulfonamides is 1. The molecule has 1 atom stereocenters. The van der Waals surface area contributed by atoms with Crippen LogP contribution in [0.4, 0.5) is 0 Å². The Morgan fingerprint density at radius 3 is 1.83 bits per heavy atom. The Kier molecular flexibility index (Phi) is 11.7. The average molecular weight is 547 g/mol. The predicted molar refractivity (Wildman–Crippen MR) is 132 cm³/mol. The SMILES string of the molecule is CC(C)CBr.CC(C)CN([C@@H](C)c1ccc(Br)cc1)S(=O)(=O)Cc1ccccc1. The lowest BCUT2D eigenvalue weighted by Crippen LogP contribution is -2.37. The van der Waals surface area contributed by atoms with Crippen LogP contribution >= 0.6 is 31.9 Å². The summed E-state index contributed by atoms with van der Waals surface area (Å²) in [6.07, 6.45) is 0. The van der Waals surface area contributed by atoms with Crippen LogP contribution in [0.2, 0.25) is 0 Å². The zero-order valence-corrected chi connectivity index (χ0v) is 22.0. The second kappa shape index (κ2) is 12.9. The third kappa shape index (κ3) is 9.77. The van der Waals surface area contributed by atoms with Gasteiger partial charge in [0, 0.05) is 22.4 Å². The molecule has 29 heavy (non-hydrogen) atoms. The number of hydrogen-bond donors (Lipinski definition) is 0. The van der Waals surface area contributed by atoms with E-state index in [1.165, 1.54) is 0 Å². The number of benzene rings is 2. The van der Waals surface area contributed by atoms with E-state index in [2.05, 4.69) is 45.7 Å². The number of nitrogens with zero attached hydrogens (tertiary/aromatic N) is 1. The Morgan fingerprint density at radius 1 is 0.862 bits per heavy atom. The van der Waals surface area contributed by atoms with Crippen LogP contribution < -0.4 is 0 Å². The molecule has 0 amide bonds. The molecule has 2 rings (SSSR count). The van der Waals surface area contributed by atoms with E-state index in [0.29, 0.717) is 6.54 Å². The van der Waals surface area contributed by atoms with Gasteiger partial charge in [-0.25, -0.2) is 8.42 Å². The maximum absolute atomic E-state index is 13.0. The molecule has 0 radical (unpaired) electrons. The van der Waals surface area contributed by atoms with Crippen LogP contribution in [0.25, 0.3) is 0 Å². The Bertz CT molecular complexity index is 807. The van der Waals surface area contributed by atoms with Gasteiger partial charge < -0.3 is 0 Å². The van der Waals surface area contributed by atoms with Crippen molar-refractivity contribution in [2.24, 2.45) is 11.8 Å². The van der Waals surface area contributed by atoms with Gasteiger partial charge in [-0.15, -0.1) is 0 Å². The van der Waals surface area contributed by atoms with E-state index in [1.807, 2.05) is 75.4 Å². The van der Waals surface area contributed by atoms with Gasteiger partial charge in [-0.1, -0.05) is 102 Å². The van der Waals surface area contributed by atoms with E-state index in [4.69, 9.17) is 0 Å². The molecule has 3 nitrogen and oxygen atoms in total. The summed E-state index contributed by atoms with van der Waals surface area (Å²) < 4.78 is 28.7. The predicted octanol–water partition coefficient (Wildman–Crippen LogP) is 7.04. The van der Waals surface area contributed by atoms with Gasteiger partial charge in [-0.3, -0.25) is 0 Å². The lowest BCUT2D eigenvalue weighted by atomic mass is 10.1. The molecule has 0 aliphatic rings. The normalized spacial score (nSPS) is 12.8. The monoisotopic (exact) mass is 545 g/mol. The second-order valence-electron chi connectivity index (χ2n) is 7.98. The topological polar surface area (TPSA) is 37.4 Å². The first-order chi connectivity index (χ1) is 13.6. The van der Waals surface area contributed by atoms with Crippen LogP contribution in [0.1, 0.15) is 51.8 Å². The molecule has 0 heterocycles. The highest BCUT2D eigenvalue weighted by Crippen LogP contribution is 2.27. The summed E-state index contributed by atoms with van der Waals surface area (Å²) in [4.78, 5) is 0. The molecule has 0 saturated carbocycles. The summed E-state index contributed by atoms with van der Waals surface area (Å²) in [5.41, 5.74) is 1.81. The van der Waals surface area contributed by atoms with Crippen LogP contribution in [0.15, 0.2) is 59.1 Å². The van der Waals surface area contributed by atoms with Gasteiger partial charge in [0.2, 0.25) is 10.0 Å². The van der Waals surface area contributed by atoms with Crippen molar-refractivity contribution in [2.75, 3.05) is 11.9 Å². The highest BCUT2D eigenvalue weighted by molar-refractivity contribution is 9.10. The van der Waals surface area contributed by atoms with Crippen LogP contribution in [0.5, 0.6) is 0 Å². The Hall–Kier alpha value is -0.690. The average Bonchev–Trinajstić information content (AvgIpc) is 2.67. The number of alkyl halides is 1. The van der Waals surface area contributed by atoms with E-state index < -0.39 is 10.0 Å². The molecule has 0 unspecified atom stereocenters. The van der Waals surface area contributed by atoms with Crippen molar-refractivity contribution >= 4 is 41.9 Å². The molecule has 0 saturated heterocycles. The third-order valence-corrected chi connectivity index (χ3v) is 7.89. The second-order valence-corrected chi connectivity index (χ2v) is 11.5. The molecule has 0 bridgehead atoms. The van der Waals surface area contributed by atoms with E-state index >= 15 is 0 Å². The van der Waals surface area contributed by atoms with Gasteiger partial charge >= 0.3 is 0 Å². The van der Waals surface area contributed by atoms with E-state index in [-0.39, 0.29) is 17.7 Å². The Morgan fingerprint density at radius 2 is 1.38 bits per heavy atom. The quantitative estimate of drug-likeness (QED) is 0.333. The molecular weight excluding hydrogens is 514 g/mol. The van der Waals surface area contributed by atoms with Crippen molar-refractivity contribution in [1.29, 1.82) is 0 Å². The zero-order valence-electron chi connectivity index (χ0n) is 18.0. The molecule has 2 aromatic rings. The first-order valence-corrected chi connectivity index (χ1v) is 13.4. The molecule has 0 N–H and O–H groups in total. The minimum Gasteiger partial charge on any atom is -0.212 e. The van der Waals surface area contributed by atoms with Crippen molar-refractivity contribution in [3.63, 3.8) is 0 Å². The summed E-state index contributed by atoms with van der Waals surface area (Å²) in [6, 6.07) is 17.0. The molecule has 2 aromatic carbocycles. The maximum atomic E-state index is 13.0. The van der Waals surface area contributed by atoms with Crippen molar-refractivity contribution in [2.45, 2.75) is 46.4 Å². The molecular formula is C23H33Br2NO2S. The molecule has 0 aromatic heterocycles. The third-order valence-electron chi connectivity index (χ3n) is 4.19. The smallest absolute Gasteiger partial charge is 0.212 e. The van der Waals surface area contributed by atoms with E-state index in [9.17, 15) is 8.42 Å². The molecule has 0 spiro atoms. The number of rotatable bonds is 8. The summed E-state index contributed by atoms with van der Waals surface area (Å²) in [7, 11) is -3.41. The fraction of sp³-hybridized carbons (Fsp3) is 0.478. The zero-order chi connectivity index (χ0) is 22.0. The van der Waals surface area contributed by atoms with Crippen molar-refractivity contribution in [1.82, 2.24) is 4.31 Å². The van der Waals surface area contributed by atoms with Gasteiger partial charge in [-0.05, 0) is 42.0 Å². The minimum atomic E-state index is -3.41. The first kappa shape index (κ1) is 26.3. The highest BCUT2D eigenvalue weighted by atomic mass is 79.9. The van der Waals surface area contributed by atoms with Crippen LogP contribution in [0, 0.1) is 11.8 Å². The first-order valence-electron chi connectivity index (χ1n) is 9.91. The van der Waals surface area contributed by atoms with E-state index in [0.717, 1.165) is 26.8 Å². The molecule has 0 fully saturated rings. The van der Waals surface area contributed by atoms with Crippen LogP contribution in [-0.4, -0.2) is 24.6 Å². The Balaban J connectivity index is 0.000000749. The van der Waals surface area contributed by atoms with Crippen molar-refractivity contribution in [3.05, 3.63) is 70.2 Å².